The molecule has 2 aromatic carbocycles. The summed E-state index contributed by atoms with van der Waals surface area (Å²) in [5, 5.41) is 9.63. The number of hydrogen-bond donors (Lipinski definition) is 0. The zero-order valence-electron chi connectivity index (χ0n) is 17.7. The van der Waals surface area contributed by atoms with Gasteiger partial charge in [-0.25, -0.2) is 4.90 Å². The van der Waals surface area contributed by atoms with Crippen LogP contribution in [0, 0.1) is 17.2 Å². The zero-order valence-corrected chi connectivity index (χ0v) is 17.7. The molecule has 0 spiro atoms. The van der Waals surface area contributed by atoms with Crippen LogP contribution in [0.25, 0.3) is 0 Å². The van der Waals surface area contributed by atoms with Gasteiger partial charge < -0.3 is 9.47 Å². The van der Waals surface area contributed by atoms with Crippen LogP contribution in [-0.4, -0.2) is 37.8 Å². The van der Waals surface area contributed by atoms with Crippen molar-refractivity contribution in [2.45, 2.75) is 31.2 Å². The van der Waals surface area contributed by atoms with E-state index in [1.54, 1.807) is 49.4 Å². The maximum atomic E-state index is 13.5. The van der Waals surface area contributed by atoms with Gasteiger partial charge in [-0.05, 0) is 49.4 Å². The molecule has 1 heterocycles. The molecule has 2 amide bonds. The van der Waals surface area contributed by atoms with Gasteiger partial charge in [0.15, 0.2) is 11.5 Å². The van der Waals surface area contributed by atoms with Crippen LogP contribution in [0.1, 0.15) is 41.6 Å². The Kier molecular flexibility index (Phi) is 5.24. The van der Waals surface area contributed by atoms with E-state index in [4.69, 9.17) is 9.47 Å². The van der Waals surface area contributed by atoms with Gasteiger partial charge in [-0.2, -0.15) is 5.26 Å². The molecule has 0 radical (unpaired) electrons. The number of carbonyl (C=O) groups is 2. The molecule has 1 saturated carbocycles. The van der Waals surface area contributed by atoms with Crippen LogP contribution in [0.5, 0.6) is 11.5 Å². The van der Waals surface area contributed by atoms with Gasteiger partial charge in [0.2, 0.25) is 5.91 Å². The smallest absolute Gasteiger partial charge is 0.265 e. The zero-order chi connectivity index (χ0) is 22.2. The Morgan fingerprint density at radius 2 is 1.84 bits per heavy atom. The summed E-state index contributed by atoms with van der Waals surface area (Å²) in [6.07, 6.45) is 3.43. The molecule has 0 aromatic heterocycles. The third kappa shape index (κ3) is 3.55. The highest BCUT2D eigenvalue weighted by molar-refractivity contribution is 6.29. The van der Waals surface area contributed by atoms with Crippen LogP contribution in [0.4, 0.5) is 5.69 Å². The van der Waals surface area contributed by atoms with Gasteiger partial charge in [0.1, 0.15) is 5.54 Å². The van der Waals surface area contributed by atoms with Crippen LogP contribution >= 0.6 is 0 Å². The van der Waals surface area contributed by atoms with Crippen molar-refractivity contribution >= 4 is 23.7 Å². The minimum Gasteiger partial charge on any atom is -0.493 e. The molecule has 2 aromatic rings. The van der Waals surface area contributed by atoms with Crippen molar-refractivity contribution in [2.24, 2.45) is 10.9 Å². The molecule has 2 aliphatic rings. The summed E-state index contributed by atoms with van der Waals surface area (Å²) < 4.78 is 10.6. The van der Waals surface area contributed by atoms with Crippen LogP contribution in [0.3, 0.4) is 0 Å². The average Bonchev–Trinajstić information content (AvgIpc) is 3.65. The van der Waals surface area contributed by atoms with Crippen molar-refractivity contribution in [2.75, 3.05) is 19.1 Å². The molecule has 0 bridgehead atoms. The molecule has 1 aliphatic heterocycles. The number of imide groups is 1. The quantitative estimate of drug-likeness (QED) is 0.527. The lowest BCUT2D eigenvalue weighted by molar-refractivity contribution is -0.118. The first kappa shape index (κ1) is 20.6. The van der Waals surface area contributed by atoms with Crippen molar-refractivity contribution in [3.8, 4) is 17.6 Å². The summed E-state index contributed by atoms with van der Waals surface area (Å²) in [7, 11) is 3.01. The number of fused-ring (bicyclic) bond motifs is 1. The normalized spacial score (nSPS) is 20.2. The Morgan fingerprint density at radius 1 is 1.13 bits per heavy atom. The van der Waals surface area contributed by atoms with Gasteiger partial charge in [-0.15, -0.1) is 0 Å². The maximum Gasteiger partial charge on any atom is 0.265 e. The monoisotopic (exact) mass is 417 g/mol. The van der Waals surface area contributed by atoms with E-state index in [1.807, 2.05) is 0 Å². The van der Waals surface area contributed by atoms with Crippen LogP contribution < -0.4 is 14.4 Å². The van der Waals surface area contributed by atoms with Crippen molar-refractivity contribution in [3.05, 3.63) is 53.6 Å². The summed E-state index contributed by atoms with van der Waals surface area (Å²) >= 11 is 0. The van der Waals surface area contributed by atoms with Gasteiger partial charge in [0.25, 0.3) is 5.91 Å². The van der Waals surface area contributed by atoms with Crippen molar-refractivity contribution in [1.82, 2.24) is 0 Å². The highest BCUT2D eigenvalue weighted by atomic mass is 16.5. The molecule has 0 N–H and O–H groups in total. The molecule has 2 atom stereocenters. The molecule has 31 heavy (non-hydrogen) atoms. The van der Waals surface area contributed by atoms with Gasteiger partial charge in [-0.3, -0.25) is 14.6 Å². The van der Waals surface area contributed by atoms with Gasteiger partial charge >= 0.3 is 0 Å². The predicted octanol–water partition coefficient (Wildman–Crippen LogP) is 3.74. The predicted molar refractivity (Wildman–Crippen MR) is 116 cm³/mol. The topological polar surface area (TPSA) is 92.0 Å². The first-order valence-corrected chi connectivity index (χ1v) is 10.1. The first-order chi connectivity index (χ1) is 14.9. The lowest BCUT2D eigenvalue weighted by atomic mass is 9.88. The standard InChI is InChI=1S/C24H23N3O4/c1-24(14-25,15-8-9-15)26-13-19-17-6-4-5-7-18(17)22(28)27(23(19)29)16-10-11-20(30-2)21(12-16)31-3/h4-7,10-13,15,19H,8-9H2,1-3H3/t19?,24-/m0/s1. The second-order valence-corrected chi connectivity index (χ2v) is 7.89. The molecular weight excluding hydrogens is 394 g/mol. The molecule has 1 unspecified atom stereocenters. The second-order valence-electron chi connectivity index (χ2n) is 7.89. The van der Waals surface area contributed by atoms with Crippen molar-refractivity contribution in [3.63, 3.8) is 0 Å². The van der Waals surface area contributed by atoms with E-state index >= 15 is 0 Å². The van der Waals surface area contributed by atoms with Crippen molar-refractivity contribution < 1.29 is 19.1 Å². The number of nitriles is 1. The lowest BCUT2D eigenvalue weighted by Crippen LogP contribution is -2.45. The molecule has 7 heteroatoms. The Labute approximate surface area is 180 Å². The number of aliphatic imine (C=N–C) groups is 1. The fourth-order valence-corrected chi connectivity index (χ4v) is 3.91. The first-order valence-electron chi connectivity index (χ1n) is 10.1. The number of ether oxygens (including phenoxy) is 2. The fourth-order valence-electron chi connectivity index (χ4n) is 3.91. The highest BCUT2D eigenvalue weighted by Crippen LogP contribution is 2.42. The lowest BCUT2D eigenvalue weighted by Gasteiger charge is -2.31. The largest absolute Gasteiger partial charge is 0.493 e. The van der Waals surface area contributed by atoms with Crippen LogP contribution in [-0.2, 0) is 4.79 Å². The summed E-state index contributed by atoms with van der Waals surface area (Å²) in [6.45, 7) is 1.79. The van der Waals surface area contributed by atoms with Crippen molar-refractivity contribution in [1.29, 1.82) is 5.26 Å². The summed E-state index contributed by atoms with van der Waals surface area (Å²) in [6, 6.07) is 14.2. The Bertz CT molecular complexity index is 1120. The van der Waals surface area contributed by atoms with E-state index in [0.29, 0.717) is 28.3 Å². The molecule has 4 rings (SSSR count). The van der Waals surface area contributed by atoms with E-state index in [2.05, 4.69) is 11.1 Å². The Hall–Kier alpha value is -3.66. The summed E-state index contributed by atoms with van der Waals surface area (Å²) in [5.41, 5.74) is 0.531. The van der Waals surface area contributed by atoms with Gasteiger partial charge in [-0.1, -0.05) is 18.2 Å². The van der Waals surface area contributed by atoms with Gasteiger partial charge in [0.05, 0.1) is 31.9 Å². The average molecular weight is 417 g/mol. The minimum atomic E-state index is -0.870. The maximum absolute atomic E-state index is 13.5. The molecule has 0 saturated heterocycles. The fraction of sp³-hybridized carbons (Fsp3) is 0.333. The number of anilines is 1. The number of hydrogen-bond acceptors (Lipinski definition) is 6. The Balaban J connectivity index is 1.78. The SMILES string of the molecule is COc1ccc(N2C(=O)c3ccccc3C(C=N[C@@](C)(C#N)C3CC3)C2=O)cc1OC. The van der Waals surface area contributed by atoms with E-state index in [9.17, 15) is 14.9 Å². The molecule has 158 valence electrons. The van der Waals surface area contributed by atoms with Gasteiger partial charge in [0, 0.05) is 17.8 Å². The third-order valence-electron chi connectivity index (χ3n) is 5.93. The van der Waals surface area contributed by atoms with E-state index < -0.39 is 23.3 Å². The Morgan fingerprint density at radius 3 is 2.48 bits per heavy atom. The third-order valence-corrected chi connectivity index (χ3v) is 5.93. The number of benzene rings is 2. The van der Waals surface area contributed by atoms with E-state index in [1.165, 1.54) is 20.4 Å². The number of methoxy groups -OCH3 is 2. The molecular formula is C24H23N3O4. The number of amides is 2. The minimum absolute atomic E-state index is 0.200. The molecule has 1 aliphatic carbocycles. The molecule has 1 fully saturated rings. The summed E-state index contributed by atoms with van der Waals surface area (Å²) in [4.78, 5) is 32.4. The second kappa shape index (κ2) is 7.88. The van der Waals surface area contributed by atoms with Crippen LogP contribution in [0.2, 0.25) is 0 Å². The highest BCUT2D eigenvalue weighted by Gasteiger charge is 2.43. The summed E-state index contributed by atoms with van der Waals surface area (Å²) in [5.74, 6) is -0.496. The molecule has 7 nitrogen and oxygen atoms in total. The van der Waals surface area contributed by atoms with Crippen LogP contribution in [0.15, 0.2) is 47.5 Å². The number of carbonyl (C=O) groups excluding carboxylic acids is 2. The number of rotatable bonds is 6. The number of nitrogens with zero attached hydrogens (tertiary/aromatic N) is 3. The van der Waals surface area contributed by atoms with E-state index in [-0.39, 0.29) is 5.92 Å². The van der Waals surface area contributed by atoms with E-state index in [0.717, 1.165) is 17.7 Å².